The number of aryl methyl sites for hydroxylation is 1. The van der Waals surface area contributed by atoms with Gasteiger partial charge in [-0.25, -0.2) is 9.78 Å². The van der Waals surface area contributed by atoms with Gasteiger partial charge in [0.1, 0.15) is 5.82 Å². The Hall–Kier alpha value is -1.88. The zero-order chi connectivity index (χ0) is 14.0. The van der Waals surface area contributed by atoms with Crippen molar-refractivity contribution in [2.24, 2.45) is 0 Å². The fraction of sp³-hybridized carbons (Fsp3) is 0.429. The topological polar surface area (TPSA) is 64.4 Å². The van der Waals surface area contributed by atoms with Crippen molar-refractivity contribution in [1.29, 1.82) is 0 Å². The highest BCUT2D eigenvalue weighted by molar-refractivity contribution is 6.01. The standard InChI is InChI=1S/C14H18N2O3/c1-4-19-9(2)8-16-10(3)15-12-7-5-6-11(13(12)16)14(17)18/h5-7,9H,4,8H2,1-3H3,(H,17,18). The van der Waals surface area contributed by atoms with Crippen LogP contribution in [0.5, 0.6) is 0 Å². The van der Waals surface area contributed by atoms with Crippen molar-refractivity contribution in [2.45, 2.75) is 33.4 Å². The molecule has 1 N–H and O–H groups in total. The first-order valence-corrected chi connectivity index (χ1v) is 6.35. The van der Waals surface area contributed by atoms with Gasteiger partial charge in [-0.2, -0.15) is 0 Å². The number of aromatic nitrogens is 2. The summed E-state index contributed by atoms with van der Waals surface area (Å²) >= 11 is 0. The van der Waals surface area contributed by atoms with E-state index in [1.54, 1.807) is 12.1 Å². The van der Waals surface area contributed by atoms with Gasteiger partial charge >= 0.3 is 5.97 Å². The van der Waals surface area contributed by atoms with E-state index in [-0.39, 0.29) is 11.7 Å². The lowest BCUT2D eigenvalue weighted by Crippen LogP contribution is -2.18. The van der Waals surface area contributed by atoms with Gasteiger partial charge in [-0.1, -0.05) is 6.07 Å². The molecule has 0 fully saturated rings. The minimum absolute atomic E-state index is 0.0166. The summed E-state index contributed by atoms with van der Waals surface area (Å²) in [5, 5.41) is 9.28. The Kier molecular flexibility index (Phi) is 3.85. The molecule has 5 nitrogen and oxygen atoms in total. The van der Waals surface area contributed by atoms with Crippen molar-refractivity contribution < 1.29 is 14.6 Å². The van der Waals surface area contributed by atoms with E-state index in [0.717, 1.165) is 5.82 Å². The number of ether oxygens (including phenoxy) is 1. The maximum Gasteiger partial charge on any atom is 0.337 e. The molecule has 1 atom stereocenters. The van der Waals surface area contributed by atoms with E-state index in [2.05, 4.69) is 4.98 Å². The van der Waals surface area contributed by atoms with Gasteiger partial charge in [0.25, 0.3) is 0 Å². The number of aromatic carboxylic acids is 1. The third-order valence-electron chi connectivity index (χ3n) is 3.08. The molecule has 5 heteroatoms. The van der Waals surface area contributed by atoms with Gasteiger partial charge in [0, 0.05) is 6.61 Å². The molecule has 0 saturated heterocycles. The quantitative estimate of drug-likeness (QED) is 0.899. The van der Waals surface area contributed by atoms with Crippen LogP contribution in [0.1, 0.15) is 30.0 Å². The van der Waals surface area contributed by atoms with E-state index in [4.69, 9.17) is 4.74 Å². The zero-order valence-corrected chi connectivity index (χ0v) is 11.4. The second-order valence-corrected chi connectivity index (χ2v) is 4.51. The average molecular weight is 262 g/mol. The molecular weight excluding hydrogens is 244 g/mol. The maximum absolute atomic E-state index is 11.3. The number of benzene rings is 1. The smallest absolute Gasteiger partial charge is 0.337 e. The second kappa shape index (κ2) is 5.40. The monoisotopic (exact) mass is 262 g/mol. The third kappa shape index (κ3) is 2.61. The molecule has 1 heterocycles. The molecule has 0 saturated carbocycles. The minimum Gasteiger partial charge on any atom is -0.478 e. The molecule has 0 amide bonds. The molecule has 2 aromatic rings. The molecule has 102 valence electrons. The van der Waals surface area contributed by atoms with E-state index >= 15 is 0 Å². The molecule has 0 radical (unpaired) electrons. The summed E-state index contributed by atoms with van der Waals surface area (Å²) in [7, 11) is 0. The Morgan fingerprint density at radius 2 is 2.26 bits per heavy atom. The molecule has 0 spiro atoms. The Morgan fingerprint density at radius 3 is 2.89 bits per heavy atom. The number of para-hydroxylation sites is 1. The number of carboxylic acids is 1. The zero-order valence-electron chi connectivity index (χ0n) is 11.4. The summed E-state index contributed by atoms with van der Waals surface area (Å²) < 4.78 is 7.44. The molecule has 1 unspecified atom stereocenters. The van der Waals surface area contributed by atoms with Crippen molar-refractivity contribution in [1.82, 2.24) is 9.55 Å². The van der Waals surface area contributed by atoms with E-state index < -0.39 is 5.97 Å². The van der Waals surface area contributed by atoms with Crippen molar-refractivity contribution in [3.8, 4) is 0 Å². The third-order valence-corrected chi connectivity index (χ3v) is 3.08. The van der Waals surface area contributed by atoms with Crippen molar-refractivity contribution >= 4 is 17.0 Å². The summed E-state index contributed by atoms with van der Waals surface area (Å²) in [5.41, 5.74) is 1.65. The van der Waals surface area contributed by atoms with Crippen molar-refractivity contribution in [2.75, 3.05) is 6.61 Å². The molecule has 0 bridgehead atoms. The largest absolute Gasteiger partial charge is 0.478 e. The highest BCUT2D eigenvalue weighted by Gasteiger charge is 2.17. The van der Waals surface area contributed by atoms with Gasteiger partial charge in [-0.05, 0) is 32.9 Å². The van der Waals surface area contributed by atoms with Crippen LogP contribution in [-0.2, 0) is 11.3 Å². The summed E-state index contributed by atoms with van der Waals surface area (Å²) in [4.78, 5) is 15.7. The lowest BCUT2D eigenvalue weighted by atomic mass is 10.2. The van der Waals surface area contributed by atoms with Crippen LogP contribution in [0.4, 0.5) is 0 Å². The van der Waals surface area contributed by atoms with E-state index in [0.29, 0.717) is 24.2 Å². The molecular formula is C14H18N2O3. The molecule has 1 aromatic carbocycles. The normalized spacial score (nSPS) is 12.8. The fourth-order valence-corrected chi connectivity index (χ4v) is 2.29. The number of hydrogen-bond donors (Lipinski definition) is 1. The lowest BCUT2D eigenvalue weighted by Gasteiger charge is -2.15. The average Bonchev–Trinajstić information content (AvgIpc) is 2.66. The van der Waals surface area contributed by atoms with Crippen LogP contribution in [0.15, 0.2) is 18.2 Å². The first-order chi connectivity index (χ1) is 9.04. The number of carbonyl (C=O) groups is 1. The predicted octanol–water partition coefficient (Wildman–Crippen LogP) is 2.47. The molecule has 1 aromatic heterocycles. The summed E-state index contributed by atoms with van der Waals surface area (Å²) in [6.07, 6.45) is 0.0166. The minimum atomic E-state index is -0.934. The molecule has 19 heavy (non-hydrogen) atoms. The highest BCUT2D eigenvalue weighted by atomic mass is 16.5. The predicted molar refractivity (Wildman–Crippen MR) is 72.5 cm³/mol. The molecule has 0 aliphatic heterocycles. The van der Waals surface area contributed by atoms with Crippen LogP contribution in [0.3, 0.4) is 0 Å². The summed E-state index contributed by atoms with van der Waals surface area (Å²) in [5.74, 6) is -0.133. The van der Waals surface area contributed by atoms with Crippen molar-refractivity contribution in [3.05, 3.63) is 29.6 Å². The Labute approximate surface area is 111 Å². The number of fused-ring (bicyclic) bond motifs is 1. The van der Waals surface area contributed by atoms with Gasteiger partial charge in [-0.3, -0.25) is 0 Å². The van der Waals surface area contributed by atoms with Crippen LogP contribution in [0.2, 0.25) is 0 Å². The second-order valence-electron chi connectivity index (χ2n) is 4.51. The van der Waals surface area contributed by atoms with Gasteiger partial charge < -0.3 is 14.4 Å². The van der Waals surface area contributed by atoms with Crippen LogP contribution < -0.4 is 0 Å². The van der Waals surface area contributed by atoms with E-state index in [1.165, 1.54) is 0 Å². The van der Waals surface area contributed by atoms with Crippen LogP contribution in [0.25, 0.3) is 11.0 Å². The van der Waals surface area contributed by atoms with E-state index in [9.17, 15) is 9.90 Å². The summed E-state index contributed by atoms with van der Waals surface area (Å²) in [6, 6.07) is 5.15. The highest BCUT2D eigenvalue weighted by Crippen LogP contribution is 2.21. The van der Waals surface area contributed by atoms with Gasteiger partial charge in [0.15, 0.2) is 0 Å². The Morgan fingerprint density at radius 1 is 1.53 bits per heavy atom. The first kappa shape index (κ1) is 13.5. The van der Waals surface area contributed by atoms with E-state index in [1.807, 2.05) is 31.4 Å². The van der Waals surface area contributed by atoms with Crippen LogP contribution in [-0.4, -0.2) is 33.3 Å². The number of hydrogen-bond acceptors (Lipinski definition) is 3. The molecule has 2 rings (SSSR count). The maximum atomic E-state index is 11.3. The Balaban J connectivity index is 2.53. The van der Waals surface area contributed by atoms with Gasteiger partial charge in [-0.15, -0.1) is 0 Å². The molecule has 0 aliphatic carbocycles. The van der Waals surface area contributed by atoms with Crippen LogP contribution in [0, 0.1) is 6.92 Å². The molecule has 0 aliphatic rings. The summed E-state index contributed by atoms with van der Waals surface area (Å²) in [6.45, 7) is 7.03. The number of rotatable bonds is 5. The number of imidazole rings is 1. The number of carboxylic acid groups (broad SMARTS) is 1. The van der Waals surface area contributed by atoms with Gasteiger partial charge in [0.2, 0.25) is 0 Å². The lowest BCUT2D eigenvalue weighted by molar-refractivity contribution is 0.0638. The number of nitrogens with zero attached hydrogens (tertiary/aromatic N) is 2. The SMILES string of the molecule is CCOC(C)Cn1c(C)nc2cccc(C(=O)O)c21. The first-order valence-electron chi connectivity index (χ1n) is 6.35. The van der Waals surface area contributed by atoms with Crippen molar-refractivity contribution in [3.63, 3.8) is 0 Å². The van der Waals surface area contributed by atoms with Crippen LogP contribution >= 0.6 is 0 Å². The fourth-order valence-electron chi connectivity index (χ4n) is 2.29. The Bertz CT molecular complexity index is 604. The van der Waals surface area contributed by atoms with Gasteiger partial charge in [0.05, 0.1) is 29.2 Å².